The number of rotatable bonds is 8. The number of hydrogen-bond donors (Lipinski definition) is 5. The van der Waals surface area contributed by atoms with Crippen LogP contribution in [0.2, 0.25) is 0 Å². The summed E-state index contributed by atoms with van der Waals surface area (Å²) in [6.07, 6.45) is 5.22. The molecule has 1 saturated heterocycles. The summed E-state index contributed by atoms with van der Waals surface area (Å²) in [5.41, 5.74) is 4.11. The van der Waals surface area contributed by atoms with Crippen molar-refractivity contribution in [3.63, 3.8) is 0 Å². The molecule has 14 nitrogen and oxygen atoms in total. The SMILES string of the molecule is Cc1ccc(NC(=O)c2ccc(CN3CCN(C)CC3)cc2)cc1Nc1nccc(-c2cccnc2)n1.O=C(O)c1cc(=O)[nH]c(=O)[nH]1. The van der Waals surface area contributed by atoms with Gasteiger partial charge < -0.3 is 25.6 Å². The minimum absolute atomic E-state index is 0.143. The van der Waals surface area contributed by atoms with E-state index in [1.165, 1.54) is 5.56 Å². The number of carboxylic acids is 1. The molecule has 3 aromatic heterocycles. The van der Waals surface area contributed by atoms with Crippen LogP contribution in [-0.4, -0.2) is 84.9 Å². The fourth-order valence-corrected chi connectivity index (χ4v) is 4.86. The molecule has 5 aromatic rings. The Labute approximate surface area is 275 Å². The van der Waals surface area contributed by atoms with Gasteiger partial charge in [-0.1, -0.05) is 18.2 Å². The van der Waals surface area contributed by atoms with Crippen molar-refractivity contribution in [3.8, 4) is 11.3 Å². The van der Waals surface area contributed by atoms with Crippen LogP contribution in [-0.2, 0) is 6.54 Å². The van der Waals surface area contributed by atoms with Gasteiger partial charge in [0, 0.05) is 79.9 Å². The third-order valence-electron chi connectivity index (χ3n) is 7.56. The minimum atomic E-state index is -1.34. The molecule has 2 aromatic carbocycles. The van der Waals surface area contributed by atoms with Gasteiger partial charge in [0.25, 0.3) is 11.5 Å². The number of piperazine rings is 1. The number of aromatic amines is 2. The van der Waals surface area contributed by atoms with E-state index in [0.717, 1.165) is 61.3 Å². The van der Waals surface area contributed by atoms with E-state index in [9.17, 15) is 19.2 Å². The summed E-state index contributed by atoms with van der Waals surface area (Å²) < 4.78 is 0. The summed E-state index contributed by atoms with van der Waals surface area (Å²) in [5, 5.41) is 14.6. The first kappa shape index (κ1) is 33.4. The van der Waals surface area contributed by atoms with E-state index >= 15 is 0 Å². The van der Waals surface area contributed by atoms with Crippen LogP contribution in [0.25, 0.3) is 11.3 Å². The van der Waals surface area contributed by atoms with Gasteiger partial charge in [-0.15, -0.1) is 0 Å². The Balaban J connectivity index is 0.000000349. The maximum atomic E-state index is 12.9. The Kier molecular flexibility index (Phi) is 10.8. The van der Waals surface area contributed by atoms with E-state index in [0.29, 0.717) is 17.2 Å². The zero-order valence-electron chi connectivity index (χ0n) is 26.4. The van der Waals surface area contributed by atoms with E-state index < -0.39 is 22.9 Å². The molecule has 0 saturated carbocycles. The molecule has 6 rings (SSSR count). The first-order chi connectivity index (χ1) is 23.1. The van der Waals surface area contributed by atoms with Crippen molar-refractivity contribution in [2.24, 2.45) is 0 Å². The fraction of sp³-hybridized carbons (Fsp3) is 0.206. The van der Waals surface area contributed by atoms with Gasteiger partial charge in [-0.05, 0) is 67.6 Å². The van der Waals surface area contributed by atoms with Crippen LogP contribution in [0.4, 0.5) is 17.3 Å². The maximum Gasteiger partial charge on any atom is 0.352 e. The lowest BCUT2D eigenvalue weighted by molar-refractivity contribution is 0.0689. The molecule has 0 bridgehead atoms. The Morgan fingerprint density at radius 1 is 0.938 bits per heavy atom. The number of benzene rings is 2. The fourth-order valence-electron chi connectivity index (χ4n) is 4.86. The molecule has 0 unspecified atom stereocenters. The van der Waals surface area contributed by atoms with Gasteiger partial charge in [-0.25, -0.2) is 19.6 Å². The molecule has 0 atom stereocenters. The molecule has 1 amide bonds. The van der Waals surface area contributed by atoms with E-state index in [1.54, 1.807) is 18.6 Å². The Morgan fingerprint density at radius 2 is 1.71 bits per heavy atom. The summed E-state index contributed by atoms with van der Waals surface area (Å²) in [5.74, 6) is -1.01. The average Bonchev–Trinajstić information content (AvgIpc) is 3.08. The average molecular weight is 650 g/mol. The Hall–Kier alpha value is -5.99. The lowest BCUT2D eigenvalue weighted by Crippen LogP contribution is -2.43. The van der Waals surface area contributed by atoms with E-state index in [-0.39, 0.29) is 5.91 Å². The largest absolute Gasteiger partial charge is 0.477 e. The molecule has 0 radical (unpaired) electrons. The summed E-state index contributed by atoms with van der Waals surface area (Å²) in [7, 11) is 2.16. The normalized spacial score (nSPS) is 13.2. The van der Waals surface area contributed by atoms with Crippen molar-refractivity contribution in [1.82, 2.24) is 34.7 Å². The van der Waals surface area contributed by atoms with Crippen LogP contribution >= 0.6 is 0 Å². The number of pyridine rings is 1. The van der Waals surface area contributed by atoms with Gasteiger partial charge in [0.05, 0.1) is 5.69 Å². The number of hydrogen-bond acceptors (Lipinski definition) is 10. The number of carbonyl (C=O) groups excluding carboxylic acids is 1. The molecule has 1 aliphatic heterocycles. The molecule has 5 N–H and O–H groups in total. The molecule has 246 valence electrons. The number of aromatic nitrogens is 5. The van der Waals surface area contributed by atoms with Crippen molar-refractivity contribution in [2.45, 2.75) is 13.5 Å². The van der Waals surface area contributed by atoms with Gasteiger partial charge >= 0.3 is 11.7 Å². The third-order valence-corrected chi connectivity index (χ3v) is 7.56. The molecule has 14 heteroatoms. The first-order valence-corrected chi connectivity index (χ1v) is 15.1. The maximum absolute atomic E-state index is 12.9. The number of likely N-dealkylation sites (N-methyl/N-ethyl adjacent to an activating group) is 1. The zero-order chi connectivity index (χ0) is 34.0. The molecule has 1 fully saturated rings. The highest BCUT2D eigenvalue weighted by atomic mass is 16.4. The predicted molar refractivity (Wildman–Crippen MR) is 182 cm³/mol. The summed E-state index contributed by atoms with van der Waals surface area (Å²) >= 11 is 0. The molecule has 48 heavy (non-hydrogen) atoms. The third kappa shape index (κ3) is 9.28. The van der Waals surface area contributed by atoms with E-state index in [1.807, 2.05) is 77.6 Å². The topological polar surface area (TPSA) is 189 Å². The highest BCUT2D eigenvalue weighted by molar-refractivity contribution is 6.04. The second kappa shape index (κ2) is 15.5. The number of amides is 1. The van der Waals surface area contributed by atoms with Crippen molar-refractivity contribution < 1.29 is 14.7 Å². The van der Waals surface area contributed by atoms with Crippen molar-refractivity contribution in [2.75, 3.05) is 43.9 Å². The van der Waals surface area contributed by atoms with Crippen molar-refractivity contribution in [1.29, 1.82) is 0 Å². The second-order valence-corrected chi connectivity index (χ2v) is 11.2. The monoisotopic (exact) mass is 649 g/mol. The number of nitrogens with one attached hydrogen (secondary N) is 4. The number of carboxylic acid groups (broad SMARTS) is 1. The van der Waals surface area contributed by atoms with Crippen molar-refractivity contribution in [3.05, 3.63) is 129 Å². The second-order valence-electron chi connectivity index (χ2n) is 11.2. The number of aryl methyl sites for hydroxylation is 1. The molecular formula is C34H35N9O5. The quantitative estimate of drug-likeness (QED) is 0.166. The zero-order valence-corrected chi connectivity index (χ0v) is 26.4. The van der Waals surface area contributed by atoms with Gasteiger partial charge in [-0.2, -0.15) is 0 Å². The lowest BCUT2D eigenvalue weighted by Gasteiger charge is -2.32. The van der Waals surface area contributed by atoms with Crippen LogP contribution in [0.15, 0.2) is 94.9 Å². The first-order valence-electron chi connectivity index (χ1n) is 15.1. The molecule has 4 heterocycles. The summed E-state index contributed by atoms with van der Waals surface area (Å²) in [4.78, 5) is 65.7. The van der Waals surface area contributed by atoms with Gasteiger partial charge in [0.1, 0.15) is 5.69 Å². The van der Waals surface area contributed by atoms with Crippen LogP contribution < -0.4 is 21.9 Å². The molecule has 0 spiro atoms. The number of nitrogens with zero attached hydrogens (tertiary/aromatic N) is 5. The molecule has 1 aliphatic rings. The highest BCUT2D eigenvalue weighted by Crippen LogP contribution is 2.25. The summed E-state index contributed by atoms with van der Waals surface area (Å²) in [6.45, 7) is 7.24. The predicted octanol–water partition coefficient (Wildman–Crippen LogP) is 3.35. The van der Waals surface area contributed by atoms with Crippen LogP contribution in [0, 0.1) is 6.92 Å². The smallest absolute Gasteiger partial charge is 0.352 e. The van der Waals surface area contributed by atoms with Gasteiger partial charge in [0.2, 0.25) is 5.95 Å². The lowest BCUT2D eigenvalue weighted by atomic mass is 10.1. The summed E-state index contributed by atoms with van der Waals surface area (Å²) in [6, 6.07) is 20.1. The number of H-pyrrole nitrogens is 2. The van der Waals surface area contributed by atoms with E-state index in [4.69, 9.17) is 5.11 Å². The Bertz CT molecular complexity index is 1960. The van der Waals surface area contributed by atoms with Gasteiger partial charge in [0.15, 0.2) is 0 Å². The number of carbonyl (C=O) groups is 2. The Morgan fingerprint density at radius 3 is 2.40 bits per heavy atom. The van der Waals surface area contributed by atoms with E-state index in [2.05, 4.69) is 42.4 Å². The molecular weight excluding hydrogens is 614 g/mol. The minimum Gasteiger partial charge on any atom is -0.477 e. The standard InChI is InChI=1S/C29H31N7O.C5H4N2O4/c1-21-5-10-25(18-27(21)34-29-31-13-11-26(33-29)24-4-3-12-30-19-24)32-28(37)23-8-6-22(7-9-23)20-36-16-14-35(2)15-17-36;8-3-1-2(4(9)10)6-5(11)7-3/h3-13,18-19H,14-17,20H2,1-2H3,(H,32,37)(H,31,33,34);1H,(H,9,10)(H2,6,7,8,11). The molecule has 0 aliphatic carbocycles. The highest BCUT2D eigenvalue weighted by Gasteiger charge is 2.15. The van der Waals surface area contributed by atoms with Gasteiger partial charge in [-0.3, -0.25) is 24.5 Å². The van der Waals surface area contributed by atoms with Crippen molar-refractivity contribution >= 4 is 29.2 Å². The van der Waals surface area contributed by atoms with Crippen LogP contribution in [0.1, 0.15) is 32.0 Å². The number of anilines is 3. The number of aromatic carboxylic acids is 1. The van der Waals surface area contributed by atoms with Crippen LogP contribution in [0.5, 0.6) is 0 Å². The van der Waals surface area contributed by atoms with Crippen LogP contribution in [0.3, 0.4) is 0 Å².